The van der Waals surface area contributed by atoms with Crippen LogP contribution in [0.25, 0.3) is 0 Å². The van der Waals surface area contributed by atoms with Gasteiger partial charge in [0.05, 0.1) is 24.5 Å². The summed E-state index contributed by atoms with van der Waals surface area (Å²) in [5, 5.41) is 3.79. The molecule has 1 amide bonds. The first-order valence-electron chi connectivity index (χ1n) is 15.4. The highest BCUT2D eigenvalue weighted by Crippen LogP contribution is 2.31. The number of aryl methyl sites for hydroxylation is 2. The van der Waals surface area contributed by atoms with Crippen molar-refractivity contribution < 1.29 is 22.7 Å². The van der Waals surface area contributed by atoms with Crippen LogP contribution in [0, 0.1) is 13.8 Å². The van der Waals surface area contributed by atoms with Crippen LogP contribution in [0.2, 0.25) is 5.02 Å². The molecule has 2 aromatic rings. The number of nitrogens with one attached hydrogen (secondary N) is 1. The second kappa shape index (κ2) is 14.5. The first kappa shape index (κ1) is 34.1. The molecule has 240 valence electrons. The summed E-state index contributed by atoms with van der Waals surface area (Å²) in [5.41, 5.74) is 2.76. The first-order valence-corrected chi connectivity index (χ1v) is 17.2. The van der Waals surface area contributed by atoms with E-state index in [4.69, 9.17) is 16.3 Å². The number of nitrogens with zero attached hydrogens (tertiary/aromatic N) is 3. The number of carbonyl (C=O) groups excluding carboxylic acids is 2. The molecule has 11 heteroatoms. The molecule has 2 heterocycles. The lowest BCUT2D eigenvalue weighted by Crippen LogP contribution is -2.44. The lowest BCUT2D eigenvalue weighted by molar-refractivity contribution is -0.118. The van der Waals surface area contributed by atoms with E-state index >= 15 is 0 Å². The van der Waals surface area contributed by atoms with Crippen molar-refractivity contribution in [2.75, 3.05) is 32.7 Å². The zero-order chi connectivity index (χ0) is 32.1. The predicted octanol–water partition coefficient (Wildman–Crippen LogP) is 5.68. The van der Waals surface area contributed by atoms with Gasteiger partial charge in [0.1, 0.15) is 17.2 Å². The Hall–Kier alpha value is -2.79. The molecule has 0 aromatic heterocycles. The molecular formula is C33H45ClN4O5S. The van der Waals surface area contributed by atoms with Gasteiger partial charge in [-0.3, -0.25) is 14.7 Å². The molecule has 44 heavy (non-hydrogen) atoms. The second-order valence-electron chi connectivity index (χ2n) is 12.7. The molecule has 1 saturated heterocycles. The fourth-order valence-electron chi connectivity index (χ4n) is 5.62. The summed E-state index contributed by atoms with van der Waals surface area (Å²) in [6.07, 6.45) is 3.70. The van der Waals surface area contributed by atoms with Gasteiger partial charge in [-0.05, 0) is 95.7 Å². The number of ketones is 1. The zero-order valence-corrected chi connectivity index (χ0v) is 28.1. The molecule has 1 atom stereocenters. The number of piperidine rings is 1. The predicted molar refractivity (Wildman–Crippen MR) is 174 cm³/mol. The molecule has 2 aromatic carbocycles. The zero-order valence-electron chi connectivity index (χ0n) is 26.5. The molecule has 4 rings (SSSR count). The van der Waals surface area contributed by atoms with Crippen molar-refractivity contribution in [1.82, 2.24) is 14.5 Å². The molecule has 1 fully saturated rings. The fraction of sp³-hybridized carbons (Fsp3) is 0.545. The molecule has 0 spiro atoms. The Kier molecular flexibility index (Phi) is 11.3. The van der Waals surface area contributed by atoms with E-state index in [1.165, 1.54) is 0 Å². The van der Waals surface area contributed by atoms with Crippen LogP contribution < -0.4 is 5.32 Å². The number of amidine groups is 1. The summed E-state index contributed by atoms with van der Waals surface area (Å²) < 4.78 is 34.4. The number of hydrogen-bond acceptors (Lipinski definition) is 7. The van der Waals surface area contributed by atoms with Gasteiger partial charge in [-0.2, -0.15) is 4.31 Å². The number of hydrogen-bond donors (Lipinski definition) is 1. The summed E-state index contributed by atoms with van der Waals surface area (Å²) in [4.78, 5) is 31.7. The van der Waals surface area contributed by atoms with E-state index in [0.717, 1.165) is 42.4 Å². The summed E-state index contributed by atoms with van der Waals surface area (Å²) in [6.45, 7) is 11.5. The largest absolute Gasteiger partial charge is 0.443 e. The second-order valence-corrected chi connectivity index (χ2v) is 14.9. The summed E-state index contributed by atoms with van der Waals surface area (Å²) in [7, 11) is -3.69. The van der Waals surface area contributed by atoms with E-state index in [2.05, 4.69) is 10.3 Å². The number of carbonyl (C=O) groups is 2. The number of halogens is 1. The molecule has 9 nitrogen and oxygen atoms in total. The quantitative estimate of drug-likeness (QED) is 0.316. The molecular weight excluding hydrogens is 600 g/mol. The highest BCUT2D eigenvalue weighted by molar-refractivity contribution is 7.89. The van der Waals surface area contributed by atoms with E-state index < -0.39 is 21.7 Å². The highest BCUT2D eigenvalue weighted by atomic mass is 35.5. The number of benzene rings is 2. The van der Waals surface area contributed by atoms with Crippen molar-refractivity contribution in [2.45, 2.75) is 89.7 Å². The highest BCUT2D eigenvalue weighted by Gasteiger charge is 2.35. The summed E-state index contributed by atoms with van der Waals surface area (Å²) in [6, 6.07) is 11.1. The molecule has 1 unspecified atom stereocenters. The number of sulfonamides is 1. The van der Waals surface area contributed by atoms with Crippen LogP contribution in [0.5, 0.6) is 0 Å². The smallest absolute Gasteiger partial charge is 0.416 e. The Morgan fingerprint density at radius 1 is 1.07 bits per heavy atom. The number of amides is 1. The van der Waals surface area contributed by atoms with Gasteiger partial charge < -0.3 is 10.1 Å². The minimum absolute atomic E-state index is 0.0725. The SMILES string of the molecule is Cc1cc(S(=O)(=O)N2CCCCC2CCC(=O)CNCCc2ccc(C3=NCCN3C(=O)OC(C)(C)C)cc2)c(C)cc1Cl. The van der Waals surface area contributed by atoms with Crippen LogP contribution in [0.4, 0.5) is 4.79 Å². The molecule has 0 aliphatic carbocycles. The standard InChI is InChI=1S/C33H45ClN4O5S/c1-23-21-30(24(2)20-29(23)34)44(41,42)38-18-7-6-8-27(38)13-14-28(39)22-35-16-15-25-9-11-26(12-10-25)31-36-17-19-37(31)32(40)43-33(3,4)5/h9-12,20-21,27,35H,6-8,13-19,22H2,1-5H3. The van der Waals surface area contributed by atoms with Gasteiger partial charge >= 0.3 is 6.09 Å². The van der Waals surface area contributed by atoms with E-state index in [1.54, 1.807) is 28.3 Å². The van der Waals surface area contributed by atoms with Gasteiger partial charge in [-0.25, -0.2) is 13.2 Å². The normalized spacial score (nSPS) is 17.9. The van der Waals surface area contributed by atoms with Crippen molar-refractivity contribution in [3.05, 3.63) is 63.7 Å². The molecule has 0 bridgehead atoms. The maximum atomic E-state index is 13.6. The minimum Gasteiger partial charge on any atom is -0.443 e. The molecule has 0 saturated carbocycles. The van der Waals surface area contributed by atoms with Crippen LogP contribution in [0.1, 0.15) is 75.1 Å². The minimum atomic E-state index is -3.69. The Balaban J connectivity index is 1.24. The average molecular weight is 645 g/mol. The maximum Gasteiger partial charge on any atom is 0.416 e. The molecule has 2 aliphatic rings. The third-order valence-electron chi connectivity index (χ3n) is 7.95. The topological polar surface area (TPSA) is 108 Å². The Morgan fingerprint density at radius 2 is 1.80 bits per heavy atom. The number of aliphatic imine (C=N–C) groups is 1. The lowest BCUT2D eigenvalue weighted by Gasteiger charge is -2.35. The van der Waals surface area contributed by atoms with Gasteiger partial charge in [-0.15, -0.1) is 0 Å². The average Bonchev–Trinajstić information content (AvgIpc) is 3.46. The van der Waals surface area contributed by atoms with Crippen LogP contribution in [0.15, 0.2) is 46.3 Å². The van der Waals surface area contributed by atoms with Gasteiger partial charge in [-0.1, -0.05) is 42.3 Å². The van der Waals surface area contributed by atoms with Crippen LogP contribution in [-0.2, 0) is 26.0 Å². The van der Waals surface area contributed by atoms with E-state index in [9.17, 15) is 18.0 Å². The van der Waals surface area contributed by atoms with Crippen molar-refractivity contribution in [1.29, 1.82) is 0 Å². The van der Waals surface area contributed by atoms with Gasteiger partial charge in [0.25, 0.3) is 0 Å². The number of ether oxygens (including phenoxy) is 1. The van der Waals surface area contributed by atoms with Crippen LogP contribution in [0.3, 0.4) is 0 Å². The summed E-state index contributed by atoms with van der Waals surface area (Å²) in [5.74, 6) is 0.695. The van der Waals surface area contributed by atoms with Crippen molar-refractivity contribution in [3.63, 3.8) is 0 Å². The third-order valence-corrected chi connectivity index (χ3v) is 10.5. The third kappa shape index (κ3) is 8.68. The fourth-order valence-corrected chi connectivity index (χ4v) is 7.86. The first-order chi connectivity index (χ1) is 20.8. The molecule has 1 N–H and O–H groups in total. The van der Waals surface area contributed by atoms with E-state index in [0.29, 0.717) is 60.3 Å². The van der Waals surface area contributed by atoms with E-state index in [1.807, 2.05) is 52.0 Å². The van der Waals surface area contributed by atoms with Crippen molar-refractivity contribution >= 4 is 39.3 Å². The number of rotatable bonds is 11. The van der Waals surface area contributed by atoms with Crippen LogP contribution >= 0.6 is 11.6 Å². The van der Waals surface area contributed by atoms with Gasteiger partial charge in [0, 0.05) is 29.6 Å². The maximum absolute atomic E-state index is 13.6. The Morgan fingerprint density at radius 3 is 2.50 bits per heavy atom. The molecule has 0 radical (unpaired) electrons. The lowest BCUT2D eigenvalue weighted by atomic mass is 9.99. The van der Waals surface area contributed by atoms with E-state index in [-0.39, 0.29) is 18.4 Å². The number of Topliss-reactive ketones (excluding diaryl/α,β-unsaturated/α-hetero) is 1. The Bertz CT molecular complexity index is 1480. The van der Waals surface area contributed by atoms with Crippen molar-refractivity contribution in [3.8, 4) is 0 Å². The Labute approximate surface area is 267 Å². The van der Waals surface area contributed by atoms with Gasteiger partial charge in [0.15, 0.2) is 0 Å². The molecule has 2 aliphatic heterocycles. The summed E-state index contributed by atoms with van der Waals surface area (Å²) >= 11 is 6.21. The monoisotopic (exact) mass is 644 g/mol. The van der Waals surface area contributed by atoms with Gasteiger partial charge in [0.2, 0.25) is 10.0 Å². The van der Waals surface area contributed by atoms with Crippen molar-refractivity contribution in [2.24, 2.45) is 4.99 Å². The van der Waals surface area contributed by atoms with Crippen LogP contribution in [-0.4, -0.2) is 79.7 Å².